The highest BCUT2D eigenvalue weighted by atomic mass is 32.2. The minimum absolute atomic E-state index is 0.541. The van der Waals surface area contributed by atoms with Gasteiger partial charge in [0.05, 0.1) is 18.0 Å². The molecule has 0 spiro atoms. The number of benzene rings is 1. The van der Waals surface area contributed by atoms with E-state index in [9.17, 15) is 8.42 Å². The van der Waals surface area contributed by atoms with Crippen molar-refractivity contribution in [3.8, 4) is 0 Å². The third-order valence-electron chi connectivity index (χ3n) is 4.29. The largest absolute Gasteiger partial charge is 0.325 e. The molecule has 1 saturated carbocycles. The summed E-state index contributed by atoms with van der Waals surface area (Å²) in [5.41, 5.74) is 2.31. The van der Waals surface area contributed by atoms with Crippen molar-refractivity contribution in [2.24, 2.45) is 5.92 Å². The highest BCUT2D eigenvalue weighted by molar-refractivity contribution is 7.92. The van der Waals surface area contributed by atoms with Gasteiger partial charge in [-0.2, -0.15) is 0 Å². The van der Waals surface area contributed by atoms with Gasteiger partial charge in [-0.15, -0.1) is 0 Å². The standard InChI is InChI=1S/C18H19N5O2S/c1-26(24,25)22-14-4-6-15(7-5-14)23(11-13-2-3-13)18-16-8-9-19-10-17(16)20-12-21-18/h4-10,12-13,22H,2-3,11H2,1H3. The van der Waals surface area contributed by atoms with Gasteiger partial charge in [0.2, 0.25) is 10.0 Å². The van der Waals surface area contributed by atoms with Gasteiger partial charge in [0.1, 0.15) is 12.1 Å². The summed E-state index contributed by atoms with van der Waals surface area (Å²) >= 11 is 0. The van der Waals surface area contributed by atoms with Crippen LogP contribution in [0.1, 0.15) is 12.8 Å². The number of fused-ring (bicyclic) bond motifs is 1. The maximum absolute atomic E-state index is 11.4. The molecule has 0 aliphatic heterocycles. The van der Waals surface area contributed by atoms with Crippen molar-refractivity contribution in [2.75, 3.05) is 22.4 Å². The quantitative estimate of drug-likeness (QED) is 0.719. The average Bonchev–Trinajstić information content (AvgIpc) is 3.43. The number of rotatable bonds is 6. The Morgan fingerprint density at radius 2 is 1.92 bits per heavy atom. The van der Waals surface area contributed by atoms with E-state index in [0.717, 1.165) is 35.2 Å². The van der Waals surface area contributed by atoms with Gasteiger partial charge in [-0.3, -0.25) is 9.71 Å². The predicted molar refractivity (Wildman–Crippen MR) is 102 cm³/mol. The molecule has 0 bridgehead atoms. The molecule has 0 saturated heterocycles. The fourth-order valence-corrected chi connectivity index (χ4v) is 3.47. The number of anilines is 3. The first-order chi connectivity index (χ1) is 12.5. The number of aromatic nitrogens is 3. The summed E-state index contributed by atoms with van der Waals surface area (Å²) in [6, 6.07) is 9.27. The van der Waals surface area contributed by atoms with E-state index in [0.29, 0.717) is 11.6 Å². The normalized spacial score (nSPS) is 14.3. The predicted octanol–water partition coefficient (Wildman–Crippen LogP) is 2.94. The zero-order valence-corrected chi connectivity index (χ0v) is 15.1. The van der Waals surface area contributed by atoms with Crippen molar-refractivity contribution in [1.29, 1.82) is 0 Å². The molecule has 0 atom stereocenters. The number of hydrogen-bond acceptors (Lipinski definition) is 6. The monoisotopic (exact) mass is 369 g/mol. The van der Waals surface area contributed by atoms with E-state index < -0.39 is 10.0 Å². The summed E-state index contributed by atoms with van der Waals surface area (Å²) < 4.78 is 25.3. The minimum atomic E-state index is -3.29. The van der Waals surface area contributed by atoms with Crippen LogP contribution in [0.4, 0.5) is 17.2 Å². The Bertz CT molecular complexity index is 1030. The molecule has 26 heavy (non-hydrogen) atoms. The number of nitrogens with zero attached hydrogens (tertiary/aromatic N) is 4. The molecule has 0 unspecified atom stereocenters. The first kappa shape index (κ1) is 16.7. The average molecular weight is 369 g/mol. The molecular formula is C18H19N5O2S. The van der Waals surface area contributed by atoms with Gasteiger partial charge < -0.3 is 4.90 Å². The van der Waals surface area contributed by atoms with Crippen molar-refractivity contribution in [3.05, 3.63) is 49.1 Å². The molecule has 1 aliphatic carbocycles. The highest BCUT2D eigenvalue weighted by Crippen LogP contribution is 2.36. The second kappa shape index (κ2) is 6.53. The summed E-state index contributed by atoms with van der Waals surface area (Å²) in [7, 11) is -3.29. The summed E-state index contributed by atoms with van der Waals surface area (Å²) in [5, 5.41) is 0.946. The smallest absolute Gasteiger partial charge is 0.229 e. The van der Waals surface area contributed by atoms with Crippen LogP contribution in [-0.4, -0.2) is 36.2 Å². The van der Waals surface area contributed by atoms with Crippen LogP contribution in [0.2, 0.25) is 0 Å². The maximum atomic E-state index is 11.4. The fourth-order valence-electron chi connectivity index (χ4n) is 2.90. The molecule has 8 heteroatoms. The van der Waals surface area contributed by atoms with Gasteiger partial charge in [0, 0.05) is 29.5 Å². The van der Waals surface area contributed by atoms with E-state index in [4.69, 9.17) is 0 Å². The summed E-state index contributed by atoms with van der Waals surface area (Å²) in [6.07, 6.45) is 8.60. The topological polar surface area (TPSA) is 88.1 Å². The lowest BCUT2D eigenvalue weighted by molar-refractivity contribution is 0.607. The zero-order chi connectivity index (χ0) is 18.1. The van der Waals surface area contributed by atoms with E-state index in [1.807, 2.05) is 18.2 Å². The molecular weight excluding hydrogens is 350 g/mol. The third-order valence-corrected chi connectivity index (χ3v) is 4.90. The lowest BCUT2D eigenvalue weighted by atomic mass is 10.2. The Morgan fingerprint density at radius 3 is 2.62 bits per heavy atom. The van der Waals surface area contributed by atoms with Crippen molar-refractivity contribution in [3.63, 3.8) is 0 Å². The Labute approximate surface area is 152 Å². The van der Waals surface area contributed by atoms with E-state index in [1.165, 1.54) is 12.8 Å². The van der Waals surface area contributed by atoms with Gasteiger partial charge >= 0.3 is 0 Å². The second-order valence-electron chi connectivity index (χ2n) is 6.57. The van der Waals surface area contributed by atoms with Crippen LogP contribution in [0.25, 0.3) is 10.9 Å². The Hall–Kier alpha value is -2.74. The molecule has 1 N–H and O–H groups in total. The molecule has 7 nitrogen and oxygen atoms in total. The van der Waals surface area contributed by atoms with Gasteiger partial charge in [0.15, 0.2) is 0 Å². The van der Waals surface area contributed by atoms with E-state index in [-0.39, 0.29) is 0 Å². The van der Waals surface area contributed by atoms with Crippen molar-refractivity contribution in [2.45, 2.75) is 12.8 Å². The van der Waals surface area contributed by atoms with Gasteiger partial charge in [-0.1, -0.05) is 0 Å². The van der Waals surface area contributed by atoms with Crippen molar-refractivity contribution >= 4 is 38.1 Å². The molecule has 3 aromatic rings. The zero-order valence-electron chi connectivity index (χ0n) is 14.3. The fraction of sp³-hybridized carbons (Fsp3) is 0.278. The Balaban J connectivity index is 1.73. The molecule has 134 valence electrons. The number of pyridine rings is 1. The van der Waals surface area contributed by atoms with Crippen LogP contribution in [0.3, 0.4) is 0 Å². The van der Waals surface area contributed by atoms with Crippen LogP contribution in [0, 0.1) is 5.92 Å². The summed E-state index contributed by atoms with van der Waals surface area (Å²) in [5.74, 6) is 1.49. The Morgan fingerprint density at radius 1 is 1.15 bits per heavy atom. The van der Waals surface area contributed by atoms with Crippen LogP contribution < -0.4 is 9.62 Å². The number of nitrogens with one attached hydrogen (secondary N) is 1. The van der Waals surface area contributed by atoms with Crippen molar-refractivity contribution in [1.82, 2.24) is 15.0 Å². The highest BCUT2D eigenvalue weighted by Gasteiger charge is 2.26. The van der Waals surface area contributed by atoms with Crippen molar-refractivity contribution < 1.29 is 8.42 Å². The van der Waals surface area contributed by atoms with Crippen LogP contribution >= 0.6 is 0 Å². The molecule has 0 amide bonds. The van der Waals surface area contributed by atoms with E-state index >= 15 is 0 Å². The van der Waals surface area contributed by atoms with Gasteiger partial charge in [-0.05, 0) is 49.1 Å². The van der Waals surface area contributed by atoms with Gasteiger partial charge in [-0.25, -0.2) is 18.4 Å². The molecule has 1 fully saturated rings. The summed E-state index contributed by atoms with van der Waals surface area (Å²) in [6.45, 7) is 0.868. The summed E-state index contributed by atoms with van der Waals surface area (Å²) in [4.78, 5) is 15.1. The van der Waals surface area contributed by atoms with E-state index in [2.05, 4.69) is 24.6 Å². The number of hydrogen-bond donors (Lipinski definition) is 1. The maximum Gasteiger partial charge on any atom is 0.229 e. The third kappa shape index (κ3) is 3.75. The number of sulfonamides is 1. The first-order valence-corrected chi connectivity index (χ1v) is 10.3. The molecule has 1 aliphatic rings. The second-order valence-corrected chi connectivity index (χ2v) is 8.31. The molecule has 2 heterocycles. The molecule has 2 aromatic heterocycles. The lowest BCUT2D eigenvalue weighted by Gasteiger charge is -2.25. The first-order valence-electron chi connectivity index (χ1n) is 8.40. The van der Waals surface area contributed by atoms with E-state index in [1.54, 1.807) is 30.9 Å². The molecule has 1 aromatic carbocycles. The van der Waals surface area contributed by atoms with Crippen LogP contribution in [0.5, 0.6) is 0 Å². The van der Waals surface area contributed by atoms with Crippen LogP contribution in [-0.2, 0) is 10.0 Å². The minimum Gasteiger partial charge on any atom is -0.325 e. The SMILES string of the molecule is CS(=O)(=O)Nc1ccc(N(CC2CC2)c2ncnc3cnccc23)cc1. The molecule has 4 rings (SSSR count). The van der Waals surface area contributed by atoms with Crippen LogP contribution in [0.15, 0.2) is 49.1 Å². The Kier molecular flexibility index (Phi) is 4.20. The van der Waals surface area contributed by atoms with Gasteiger partial charge in [0.25, 0.3) is 0 Å². The lowest BCUT2D eigenvalue weighted by Crippen LogP contribution is -2.21. The molecule has 0 radical (unpaired) electrons.